The van der Waals surface area contributed by atoms with E-state index in [1.807, 2.05) is 48.5 Å². The maximum atomic E-state index is 12.8. The summed E-state index contributed by atoms with van der Waals surface area (Å²) in [6.45, 7) is -0.877. The van der Waals surface area contributed by atoms with Gasteiger partial charge >= 0.3 is 6.09 Å². The first kappa shape index (κ1) is 27.5. The van der Waals surface area contributed by atoms with Gasteiger partial charge in [-0.1, -0.05) is 48.5 Å². The molecule has 2 aromatic carbocycles. The second-order valence-corrected chi connectivity index (χ2v) is 10.1. The van der Waals surface area contributed by atoms with Gasteiger partial charge in [-0.15, -0.1) is 0 Å². The first-order valence-corrected chi connectivity index (χ1v) is 13.3. The molecule has 2 amide bonds. The van der Waals surface area contributed by atoms with E-state index in [9.17, 15) is 24.9 Å². The Morgan fingerprint density at radius 2 is 1.71 bits per heavy atom. The van der Waals surface area contributed by atoms with Gasteiger partial charge in [-0.25, -0.2) is 19.7 Å². The lowest BCUT2D eigenvalue weighted by atomic mass is 9.98. The number of fused-ring (bicyclic) bond motifs is 4. The van der Waals surface area contributed by atoms with E-state index in [0.717, 1.165) is 22.3 Å². The van der Waals surface area contributed by atoms with Crippen LogP contribution in [0.5, 0.6) is 0 Å². The number of nitrogens with one attached hydrogen (secondary N) is 2. The van der Waals surface area contributed by atoms with Gasteiger partial charge in [-0.3, -0.25) is 9.36 Å². The number of benzene rings is 2. The van der Waals surface area contributed by atoms with Crippen LogP contribution in [0.3, 0.4) is 0 Å². The lowest BCUT2D eigenvalue weighted by Gasteiger charge is -2.20. The van der Waals surface area contributed by atoms with Crippen molar-refractivity contribution in [2.45, 2.75) is 36.5 Å². The molecule has 0 bridgehead atoms. The number of aliphatic hydroxyl groups is 3. The second-order valence-electron chi connectivity index (χ2n) is 10.1. The molecule has 14 heteroatoms. The molecule has 2 aliphatic rings. The van der Waals surface area contributed by atoms with E-state index in [-0.39, 0.29) is 24.9 Å². The molecule has 1 fully saturated rings. The number of aromatic nitrogens is 4. The largest absolute Gasteiger partial charge is 0.449 e. The number of carbonyl (C=O) groups excluding carboxylic acids is 2. The first-order valence-electron chi connectivity index (χ1n) is 13.3. The summed E-state index contributed by atoms with van der Waals surface area (Å²) >= 11 is 0. The van der Waals surface area contributed by atoms with Crippen molar-refractivity contribution in [2.75, 3.05) is 25.5 Å². The van der Waals surface area contributed by atoms with Gasteiger partial charge in [0.05, 0.1) is 12.9 Å². The third kappa shape index (κ3) is 4.90. The molecule has 3 heterocycles. The van der Waals surface area contributed by atoms with Crippen molar-refractivity contribution in [3.63, 3.8) is 0 Å². The minimum atomic E-state index is -1.37. The second kappa shape index (κ2) is 11.3. The van der Waals surface area contributed by atoms with E-state index in [1.54, 1.807) is 0 Å². The summed E-state index contributed by atoms with van der Waals surface area (Å²) in [5, 5.41) is 35.9. The molecule has 5 atom stereocenters. The van der Waals surface area contributed by atoms with E-state index in [1.165, 1.54) is 17.2 Å². The zero-order valence-electron chi connectivity index (χ0n) is 22.2. The van der Waals surface area contributed by atoms with E-state index >= 15 is 0 Å². The molecule has 0 spiro atoms. The number of carbonyl (C=O) groups is 2. The van der Waals surface area contributed by atoms with E-state index < -0.39 is 49.2 Å². The summed E-state index contributed by atoms with van der Waals surface area (Å²) in [4.78, 5) is 37.5. The fraction of sp³-hybridized carbons (Fsp3) is 0.321. The summed E-state index contributed by atoms with van der Waals surface area (Å²) in [5.41, 5.74) is 10.7. The van der Waals surface area contributed by atoms with Crippen LogP contribution in [0, 0.1) is 0 Å². The number of hydrogen-bond acceptors (Lipinski definition) is 11. The van der Waals surface area contributed by atoms with E-state index in [4.69, 9.17) is 15.2 Å². The highest BCUT2D eigenvalue weighted by molar-refractivity contribution is 5.86. The molecular weight excluding hydrogens is 546 g/mol. The number of alkyl carbamates (subject to hydrolysis) is 1. The van der Waals surface area contributed by atoms with Crippen LogP contribution in [0.4, 0.5) is 10.6 Å². The Kier molecular flexibility index (Phi) is 7.43. The number of nitrogen functional groups attached to an aromatic ring is 1. The van der Waals surface area contributed by atoms with Gasteiger partial charge in [0.25, 0.3) is 0 Å². The number of anilines is 1. The molecule has 1 aliphatic carbocycles. The van der Waals surface area contributed by atoms with Crippen LogP contribution in [0.15, 0.2) is 61.2 Å². The molecule has 42 heavy (non-hydrogen) atoms. The molecule has 1 saturated heterocycles. The van der Waals surface area contributed by atoms with Crippen LogP contribution in [-0.4, -0.2) is 91.0 Å². The Labute approximate surface area is 239 Å². The van der Waals surface area contributed by atoms with Crippen LogP contribution in [0.2, 0.25) is 0 Å². The Balaban J connectivity index is 1.04. The highest BCUT2D eigenvalue weighted by atomic mass is 16.6. The number of hydrogen-bond donors (Lipinski definition) is 6. The van der Waals surface area contributed by atoms with Gasteiger partial charge in [0.2, 0.25) is 5.91 Å². The predicted molar refractivity (Wildman–Crippen MR) is 148 cm³/mol. The Hall–Kier alpha value is -4.63. The zero-order valence-corrected chi connectivity index (χ0v) is 22.2. The SMILES string of the molecule is Nc1ncnc2c1ncn2[C@@H]1O[C@H](CNC(=O)[C@H](CO)NC(=O)OCC2c3ccccc3-c3ccccc32)[C@@H](O)[C@H]1O. The number of nitrogens with two attached hydrogens (primary N) is 1. The summed E-state index contributed by atoms with van der Waals surface area (Å²) in [5.74, 6) is -0.747. The first-order chi connectivity index (χ1) is 20.4. The van der Waals surface area contributed by atoms with Crippen molar-refractivity contribution >= 4 is 29.0 Å². The topological polar surface area (TPSA) is 207 Å². The zero-order chi connectivity index (χ0) is 29.4. The van der Waals surface area contributed by atoms with Crippen molar-refractivity contribution < 1.29 is 34.4 Å². The Morgan fingerprint density at radius 1 is 1.02 bits per heavy atom. The Bertz CT molecular complexity index is 1580. The standard InChI is InChI=1S/C28H29N7O7/c29-24-21-25(32-12-31-24)35(13-33-21)27-23(38)22(37)20(42-27)9-30-26(39)19(10-36)34-28(40)41-11-18-16-7-3-1-5-14(16)15-6-2-4-8-17(15)18/h1-8,12-13,18-20,22-23,27,36-38H,9-11H2,(H,30,39)(H,34,40)(H2,29,31,32)/t19-,20+,22+,23+,27+/m0/s1. The number of ether oxygens (including phenoxy) is 2. The quantitative estimate of drug-likeness (QED) is 0.165. The van der Waals surface area contributed by atoms with Gasteiger partial charge in [0.1, 0.15) is 42.8 Å². The normalized spacial score (nSPS) is 22.0. The molecule has 2 aromatic heterocycles. The molecular formula is C28H29N7O7. The van der Waals surface area contributed by atoms with E-state index in [2.05, 4.69) is 25.6 Å². The molecule has 218 valence electrons. The van der Waals surface area contributed by atoms with Crippen molar-refractivity contribution in [3.05, 3.63) is 72.3 Å². The van der Waals surface area contributed by atoms with Crippen LogP contribution in [0.1, 0.15) is 23.3 Å². The van der Waals surface area contributed by atoms with Crippen molar-refractivity contribution in [1.82, 2.24) is 30.2 Å². The van der Waals surface area contributed by atoms with Crippen molar-refractivity contribution in [1.29, 1.82) is 0 Å². The van der Waals surface area contributed by atoms with Crippen molar-refractivity contribution in [3.8, 4) is 11.1 Å². The van der Waals surface area contributed by atoms with Gasteiger partial charge in [-0.2, -0.15) is 0 Å². The summed E-state index contributed by atoms with van der Waals surface area (Å²) < 4.78 is 12.7. The molecule has 14 nitrogen and oxygen atoms in total. The Morgan fingerprint density at radius 3 is 2.40 bits per heavy atom. The average Bonchev–Trinajstić information content (AvgIpc) is 3.66. The fourth-order valence-corrected chi connectivity index (χ4v) is 5.48. The third-order valence-corrected chi connectivity index (χ3v) is 7.61. The van der Waals surface area contributed by atoms with Crippen LogP contribution in [-0.2, 0) is 14.3 Å². The van der Waals surface area contributed by atoms with Gasteiger partial charge in [-0.05, 0) is 22.3 Å². The summed E-state index contributed by atoms with van der Waals surface area (Å²) in [6, 6.07) is 14.5. The third-order valence-electron chi connectivity index (χ3n) is 7.61. The highest BCUT2D eigenvalue weighted by Crippen LogP contribution is 2.44. The number of imidazole rings is 1. The maximum Gasteiger partial charge on any atom is 0.407 e. The lowest BCUT2D eigenvalue weighted by molar-refractivity contribution is -0.125. The molecule has 0 unspecified atom stereocenters. The minimum Gasteiger partial charge on any atom is -0.449 e. The molecule has 0 radical (unpaired) electrons. The highest BCUT2D eigenvalue weighted by Gasteiger charge is 2.44. The van der Waals surface area contributed by atoms with Crippen LogP contribution >= 0.6 is 0 Å². The van der Waals surface area contributed by atoms with Gasteiger partial charge in [0.15, 0.2) is 17.7 Å². The number of aliphatic hydroxyl groups excluding tert-OH is 3. The van der Waals surface area contributed by atoms with Gasteiger partial charge < -0.3 is 41.2 Å². The number of nitrogens with zero attached hydrogens (tertiary/aromatic N) is 4. The average molecular weight is 576 g/mol. The minimum absolute atomic E-state index is 0.0422. The lowest BCUT2D eigenvalue weighted by Crippen LogP contribution is -2.51. The summed E-state index contributed by atoms with van der Waals surface area (Å²) in [7, 11) is 0. The fourth-order valence-electron chi connectivity index (χ4n) is 5.48. The number of rotatable bonds is 8. The van der Waals surface area contributed by atoms with Gasteiger partial charge in [0, 0.05) is 12.5 Å². The van der Waals surface area contributed by atoms with Crippen LogP contribution in [0.25, 0.3) is 22.3 Å². The summed E-state index contributed by atoms with van der Waals surface area (Å²) in [6.07, 6.45) is -3.08. The van der Waals surface area contributed by atoms with E-state index in [0.29, 0.717) is 11.2 Å². The predicted octanol–water partition coefficient (Wildman–Crippen LogP) is 0.0435. The smallest absolute Gasteiger partial charge is 0.407 e. The number of amides is 2. The maximum absolute atomic E-state index is 12.8. The molecule has 6 rings (SSSR count). The monoisotopic (exact) mass is 575 g/mol. The molecule has 4 aromatic rings. The van der Waals surface area contributed by atoms with Crippen molar-refractivity contribution in [2.24, 2.45) is 0 Å². The molecule has 7 N–H and O–H groups in total. The molecule has 1 aliphatic heterocycles. The molecule has 0 saturated carbocycles. The van der Waals surface area contributed by atoms with Crippen LogP contribution < -0.4 is 16.4 Å².